The van der Waals surface area contributed by atoms with Gasteiger partial charge in [0.05, 0.1) is 5.69 Å². The topological polar surface area (TPSA) is 47.3 Å². The number of nitrogens with zero attached hydrogens (tertiary/aromatic N) is 1. The fraction of sp³-hybridized carbons (Fsp3) is 0.700. The van der Waals surface area contributed by atoms with Crippen LogP contribution in [-0.2, 0) is 4.74 Å². The molecule has 14 heavy (non-hydrogen) atoms. The van der Waals surface area contributed by atoms with Crippen molar-refractivity contribution in [2.24, 2.45) is 0 Å². The quantitative estimate of drug-likeness (QED) is 0.784. The molecule has 1 fully saturated rings. The summed E-state index contributed by atoms with van der Waals surface area (Å²) in [6, 6.07) is 0.467. The third-order valence-corrected chi connectivity index (χ3v) is 2.71. The predicted octanol–water partition coefficient (Wildman–Crippen LogP) is 1.88. The highest BCUT2D eigenvalue weighted by atomic mass is 16.5. The monoisotopic (exact) mass is 196 g/mol. The number of aryl methyl sites for hydroxylation is 1. The second kappa shape index (κ2) is 4.00. The van der Waals surface area contributed by atoms with Crippen LogP contribution >= 0.6 is 0 Å². The molecule has 0 amide bonds. The maximum Gasteiger partial charge on any atom is 0.228 e. The van der Waals surface area contributed by atoms with E-state index in [0.29, 0.717) is 6.04 Å². The van der Waals surface area contributed by atoms with Gasteiger partial charge in [-0.05, 0) is 26.7 Å². The first-order chi connectivity index (χ1) is 6.77. The Kier molecular flexibility index (Phi) is 2.72. The summed E-state index contributed by atoms with van der Waals surface area (Å²) < 4.78 is 10.5. The van der Waals surface area contributed by atoms with Crippen molar-refractivity contribution in [3.05, 3.63) is 11.3 Å². The van der Waals surface area contributed by atoms with Crippen LogP contribution in [0.25, 0.3) is 0 Å². The Bertz CT molecular complexity index is 303. The Morgan fingerprint density at radius 3 is 2.57 bits per heavy atom. The third-order valence-electron chi connectivity index (χ3n) is 2.71. The van der Waals surface area contributed by atoms with E-state index in [-0.39, 0.29) is 0 Å². The largest absolute Gasteiger partial charge is 0.381 e. The van der Waals surface area contributed by atoms with Gasteiger partial charge in [-0.2, -0.15) is 0 Å². The van der Waals surface area contributed by atoms with E-state index in [0.717, 1.165) is 43.2 Å². The van der Waals surface area contributed by atoms with Gasteiger partial charge in [-0.25, -0.2) is 0 Å². The van der Waals surface area contributed by atoms with Crippen LogP contribution in [0.4, 0.5) is 5.88 Å². The molecule has 78 valence electrons. The van der Waals surface area contributed by atoms with Gasteiger partial charge >= 0.3 is 0 Å². The van der Waals surface area contributed by atoms with Crippen molar-refractivity contribution in [3.63, 3.8) is 0 Å². The molecular weight excluding hydrogens is 180 g/mol. The molecule has 4 heteroatoms. The summed E-state index contributed by atoms with van der Waals surface area (Å²) in [5.41, 5.74) is 2.07. The van der Waals surface area contributed by atoms with E-state index < -0.39 is 0 Å². The van der Waals surface area contributed by atoms with Gasteiger partial charge in [0, 0.05) is 24.8 Å². The lowest BCUT2D eigenvalue weighted by Gasteiger charge is -2.22. The predicted molar refractivity (Wildman–Crippen MR) is 53.4 cm³/mol. The molecule has 1 aromatic rings. The van der Waals surface area contributed by atoms with Crippen molar-refractivity contribution in [2.75, 3.05) is 18.5 Å². The molecule has 0 radical (unpaired) electrons. The average molecular weight is 196 g/mol. The maximum absolute atomic E-state index is 5.29. The number of rotatable bonds is 2. The standard InChI is InChI=1S/C10H16N2O2/c1-7-8(2)12-14-10(7)11-9-3-5-13-6-4-9/h9,11H,3-6H2,1-2H3. The Labute approximate surface area is 83.6 Å². The van der Waals surface area contributed by atoms with Gasteiger partial charge in [0.1, 0.15) is 0 Å². The van der Waals surface area contributed by atoms with Crippen molar-refractivity contribution in [3.8, 4) is 0 Å². The molecule has 2 rings (SSSR count). The van der Waals surface area contributed by atoms with Crippen molar-refractivity contribution in [1.82, 2.24) is 5.16 Å². The van der Waals surface area contributed by atoms with E-state index in [9.17, 15) is 0 Å². The van der Waals surface area contributed by atoms with E-state index in [4.69, 9.17) is 9.26 Å². The minimum atomic E-state index is 0.467. The fourth-order valence-electron chi connectivity index (χ4n) is 1.58. The minimum Gasteiger partial charge on any atom is -0.381 e. The van der Waals surface area contributed by atoms with Gasteiger partial charge in [0.25, 0.3) is 0 Å². The van der Waals surface area contributed by atoms with Crippen LogP contribution in [0, 0.1) is 13.8 Å². The molecule has 1 aromatic heterocycles. The fourth-order valence-corrected chi connectivity index (χ4v) is 1.58. The third kappa shape index (κ3) is 1.90. The SMILES string of the molecule is Cc1noc(NC2CCOCC2)c1C. The van der Waals surface area contributed by atoms with Crippen LogP contribution in [0.3, 0.4) is 0 Å². The van der Waals surface area contributed by atoms with Gasteiger partial charge in [-0.3, -0.25) is 0 Å². The molecule has 2 heterocycles. The smallest absolute Gasteiger partial charge is 0.228 e. The Hall–Kier alpha value is -1.03. The molecule has 1 N–H and O–H groups in total. The highest BCUT2D eigenvalue weighted by molar-refractivity contribution is 5.42. The summed E-state index contributed by atoms with van der Waals surface area (Å²) in [6.45, 7) is 5.65. The first-order valence-corrected chi connectivity index (χ1v) is 5.04. The molecule has 0 atom stereocenters. The van der Waals surface area contributed by atoms with E-state index >= 15 is 0 Å². The van der Waals surface area contributed by atoms with Crippen molar-refractivity contribution in [2.45, 2.75) is 32.7 Å². The molecule has 0 aliphatic carbocycles. The average Bonchev–Trinajstić information content (AvgIpc) is 2.52. The molecule has 4 nitrogen and oxygen atoms in total. The molecule has 0 bridgehead atoms. The lowest BCUT2D eigenvalue weighted by Crippen LogP contribution is -2.27. The van der Waals surface area contributed by atoms with Gasteiger partial charge in [-0.15, -0.1) is 0 Å². The molecule has 1 saturated heterocycles. The maximum atomic E-state index is 5.29. The number of nitrogens with one attached hydrogen (secondary N) is 1. The Morgan fingerprint density at radius 2 is 2.00 bits per heavy atom. The second-order valence-corrected chi connectivity index (χ2v) is 3.75. The highest BCUT2D eigenvalue weighted by Gasteiger charge is 2.17. The lowest BCUT2D eigenvalue weighted by molar-refractivity contribution is 0.0899. The number of hydrogen-bond donors (Lipinski definition) is 1. The van der Waals surface area contributed by atoms with Gasteiger partial charge < -0.3 is 14.6 Å². The molecule has 0 saturated carbocycles. The first-order valence-electron chi connectivity index (χ1n) is 5.04. The van der Waals surface area contributed by atoms with Gasteiger partial charge in [0.2, 0.25) is 5.88 Å². The summed E-state index contributed by atoms with van der Waals surface area (Å²) in [6.07, 6.45) is 2.08. The minimum absolute atomic E-state index is 0.467. The molecule has 1 aliphatic rings. The zero-order valence-electron chi connectivity index (χ0n) is 8.67. The van der Waals surface area contributed by atoms with Crippen molar-refractivity contribution in [1.29, 1.82) is 0 Å². The summed E-state index contributed by atoms with van der Waals surface area (Å²) in [5.74, 6) is 0.814. The van der Waals surface area contributed by atoms with Crippen molar-refractivity contribution < 1.29 is 9.26 Å². The summed E-state index contributed by atoms with van der Waals surface area (Å²) >= 11 is 0. The molecule has 0 spiro atoms. The number of hydrogen-bond acceptors (Lipinski definition) is 4. The van der Waals surface area contributed by atoms with Crippen LogP contribution in [0.2, 0.25) is 0 Å². The number of ether oxygens (including phenoxy) is 1. The van der Waals surface area contributed by atoms with Crippen LogP contribution in [0.5, 0.6) is 0 Å². The molecule has 1 aliphatic heterocycles. The molecule has 0 unspecified atom stereocenters. The van der Waals surface area contributed by atoms with Gasteiger partial charge in [0.15, 0.2) is 0 Å². The summed E-state index contributed by atoms with van der Waals surface area (Å²) in [7, 11) is 0. The first kappa shape index (κ1) is 9.52. The summed E-state index contributed by atoms with van der Waals surface area (Å²) in [4.78, 5) is 0. The van der Waals surface area contributed by atoms with E-state index in [1.54, 1.807) is 0 Å². The number of aromatic nitrogens is 1. The van der Waals surface area contributed by atoms with Crippen LogP contribution in [-0.4, -0.2) is 24.4 Å². The van der Waals surface area contributed by atoms with Crippen LogP contribution in [0.1, 0.15) is 24.1 Å². The van der Waals surface area contributed by atoms with Crippen LogP contribution in [0.15, 0.2) is 4.52 Å². The normalized spacial score (nSPS) is 18.4. The highest BCUT2D eigenvalue weighted by Crippen LogP contribution is 2.20. The van der Waals surface area contributed by atoms with Crippen LogP contribution < -0.4 is 5.32 Å². The Balaban J connectivity index is 1.99. The summed E-state index contributed by atoms with van der Waals surface area (Å²) in [5, 5.41) is 7.27. The number of anilines is 1. The molecular formula is C10H16N2O2. The molecule has 0 aromatic carbocycles. The van der Waals surface area contributed by atoms with Gasteiger partial charge in [-0.1, -0.05) is 5.16 Å². The van der Waals surface area contributed by atoms with E-state index in [1.165, 1.54) is 0 Å². The van der Waals surface area contributed by atoms with E-state index in [2.05, 4.69) is 10.5 Å². The van der Waals surface area contributed by atoms with Crippen molar-refractivity contribution >= 4 is 5.88 Å². The Morgan fingerprint density at radius 1 is 1.29 bits per heavy atom. The second-order valence-electron chi connectivity index (χ2n) is 3.75. The van der Waals surface area contributed by atoms with E-state index in [1.807, 2.05) is 13.8 Å². The zero-order valence-corrected chi connectivity index (χ0v) is 8.67. The lowest BCUT2D eigenvalue weighted by atomic mass is 10.1. The zero-order chi connectivity index (χ0) is 9.97.